The lowest BCUT2D eigenvalue weighted by Crippen LogP contribution is -2.46. The number of nitrogens with one attached hydrogen (secondary N) is 1. The van der Waals surface area contributed by atoms with Gasteiger partial charge in [-0.15, -0.1) is 0 Å². The molecule has 1 aliphatic carbocycles. The first-order valence-electron chi connectivity index (χ1n) is 7.27. The summed E-state index contributed by atoms with van der Waals surface area (Å²) >= 11 is 6.11. The van der Waals surface area contributed by atoms with E-state index in [1.807, 2.05) is 0 Å². The molecule has 1 aromatic heterocycles. The molecule has 1 aliphatic rings. The van der Waals surface area contributed by atoms with E-state index in [-0.39, 0.29) is 24.8 Å². The lowest BCUT2D eigenvalue weighted by atomic mass is 9.76. The maximum Gasteiger partial charge on any atom is 0.287 e. The van der Waals surface area contributed by atoms with Crippen molar-refractivity contribution in [1.82, 2.24) is 9.78 Å². The van der Waals surface area contributed by atoms with Gasteiger partial charge in [-0.05, 0) is 18.8 Å². The molecule has 7 heteroatoms. The molecule has 118 valence electrons. The SMILES string of the molecule is CC1CCCC(CO)(Nc2cnn(CCO)c(=O)c2Cl)C1. The number of rotatable bonds is 5. The zero-order chi connectivity index (χ0) is 15.5. The van der Waals surface area contributed by atoms with Crippen molar-refractivity contribution in [1.29, 1.82) is 0 Å². The summed E-state index contributed by atoms with van der Waals surface area (Å²) in [6.45, 7) is 2.09. The topological polar surface area (TPSA) is 87.4 Å². The van der Waals surface area contributed by atoms with E-state index in [9.17, 15) is 9.90 Å². The molecule has 0 aliphatic heterocycles. The van der Waals surface area contributed by atoms with Crippen molar-refractivity contribution in [3.63, 3.8) is 0 Å². The molecule has 21 heavy (non-hydrogen) atoms. The van der Waals surface area contributed by atoms with E-state index in [1.165, 1.54) is 6.20 Å². The van der Waals surface area contributed by atoms with Crippen molar-refractivity contribution in [2.24, 2.45) is 5.92 Å². The van der Waals surface area contributed by atoms with Gasteiger partial charge in [-0.25, -0.2) is 4.68 Å². The van der Waals surface area contributed by atoms with E-state index in [2.05, 4.69) is 17.3 Å². The highest BCUT2D eigenvalue weighted by atomic mass is 35.5. The molecular weight excluding hydrogens is 294 g/mol. The molecular formula is C14H22ClN3O3. The van der Waals surface area contributed by atoms with E-state index in [0.29, 0.717) is 11.6 Å². The van der Waals surface area contributed by atoms with Crippen LogP contribution >= 0.6 is 11.6 Å². The molecule has 0 bridgehead atoms. The van der Waals surface area contributed by atoms with Gasteiger partial charge in [0.2, 0.25) is 0 Å². The van der Waals surface area contributed by atoms with Gasteiger partial charge >= 0.3 is 0 Å². The maximum absolute atomic E-state index is 12.0. The summed E-state index contributed by atoms with van der Waals surface area (Å²) in [6, 6.07) is 0. The molecule has 2 atom stereocenters. The third-order valence-electron chi connectivity index (χ3n) is 4.09. The van der Waals surface area contributed by atoms with E-state index < -0.39 is 11.1 Å². The van der Waals surface area contributed by atoms with Crippen LogP contribution in [0.2, 0.25) is 5.02 Å². The zero-order valence-corrected chi connectivity index (χ0v) is 12.9. The van der Waals surface area contributed by atoms with Crippen LogP contribution in [0.25, 0.3) is 0 Å². The van der Waals surface area contributed by atoms with Gasteiger partial charge < -0.3 is 15.5 Å². The number of halogens is 1. The van der Waals surface area contributed by atoms with Crippen molar-refractivity contribution in [3.8, 4) is 0 Å². The smallest absolute Gasteiger partial charge is 0.287 e. The van der Waals surface area contributed by atoms with Crippen LogP contribution in [0.15, 0.2) is 11.0 Å². The van der Waals surface area contributed by atoms with Crippen LogP contribution in [0.3, 0.4) is 0 Å². The number of aliphatic hydroxyl groups excluding tert-OH is 2. The minimum atomic E-state index is -0.446. The summed E-state index contributed by atoms with van der Waals surface area (Å²) in [5.41, 5.74) is -0.440. The molecule has 1 fully saturated rings. The number of aromatic nitrogens is 2. The summed E-state index contributed by atoms with van der Waals surface area (Å²) in [5, 5.41) is 25.9. The largest absolute Gasteiger partial charge is 0.394 e. The summed E-state index contributed by atoms with van der Waals surface area (Å²) < 4.78 is 1.13. The first-order chi connectivity index (χ1) is 10.0. The van der Waals surface area contributed by atoms with Crippen LogP contribution < -0.4 is 10.9 Å². The van der Waals surface area contributed by atoms with Crippen LogP contribution in [0.4, 0.5) is 5.69 Å². The highest BCUT2D eigenvalue weighted by Crippen LogP contribution is 2.35. The van der Waals surface area contributed by atoms with Crippen molar-refractivity contribution in [2.45, 2.75) is 44.7 Å². The molecule has 0 amide bonds. The quantitative estimate of drug-likeness (QED) is 0.761. The first kappa shape index (κ1) is 16.3. The molecule has 1 heterocycles. The van der Waals surface area contributed by atoms with Crippen molar-refractivity contribution in [3.05, 3.63) is 21.6 Å². The summed E-state index contributed by atoms with van der Waals surface area (Å²) in [6.07, 6.45) is 5.33. The average Bonchev–Trinajstić information content (AvgIpc) is 2.47. The predicted octanol–water partition coefficient (Wildman–Crippen LogP) is 1.24. The molecule has 1 saturated carbocycles. The van der Waals surface area contributed by atoms with Gasteiger partial charge in [0.25, 0.3) is 5.56 Å². The van der Waals surface area contributed by atoms with Gasteiger partial charge in [0, 0.05) is 0 Å². The number of anilines is 1. The molecule has 0 radical (unpaired) electrons. The van der Waals surface area contributed by atoms with E-state index in [0.717, 1.165) is 30.4 Å². The standard InChI is InChI=1S/C14H22ClN3O3/c1-10-3-2-4-14(7-10,9-20)17-11-8-16-18(5-6-19)13(21)12(11)15/h8,10,17,19-20H,2-7,9H2,1H3. The maximum atomic E-state index is 12.0. The molecule has 1 aromatic rings. The molecule has 3 N–H and O–H groups in total. The Balaban J connectivity index is 2.26. The van der Waals surface area contributed by atoms with Crippen LogP contribution in [0.1, 0.15) is 32.6 Å². The Kier molecular flexibility index (Phi) is 5.24. The van der Waals surface area contributed by atoms with E-state index in [1.54, 1.807) is 0 Å². The van der Waals surface area contributed by atoms with Gasteiger partial charge in [0.1, 0.15) is 5.02 Å². The minimum absolute atomic E-state index is 0.00655. The van der Waals surface area contributed by atoms with Crippen molar-refractivity contribution in [2.75, 3.05) is 18.5 Å². The second-order valence-electron chi connectivity index (χ2n) is 5.89. The second kappa shape index (κ2) is 6.77. The highest BCUT2D eigenvalue weighted by molar-refractivity contribution is 6.32. The zero-order valence-electron chi connectivity index (χ0n) is 12.2. The Morgan fingerprint density at radius 3 is 2.95 bits per heavy atom. The average molecular weight is 316 g/mol. The van der Waals surface area contributed by atoms with Crippen LogP contribution in [0.5, 0.6) is 0 Å². The van der Waals surface area contributed by atoms with Crippen LogP contribution in [0, 0.1) is 5.92 Å². The van der Waals surface area contributed by atoms with Crippen molar-refractivity contribution >= 4 is 17.3 Å². The molecule has 2 rings (SSSR count). The van der Waals surface area contributed by atoms with Gasteiger partial charge in [0.05, 0.1) is 37.2 Å². The molecule has 0 spiro atoms. The minimum Gasteiger partial charge on any atom is -0.394 e. The normalized spacial score (nSPS) is 25.8. The van der Waals surface area contributed by atoms with E-state index in [4.69, 9.17) is 16.7 Å². The van der Waals surface area contributed by atoms with Crippen LogP contribution in [-0.2, 0) is 6.54 Å². The molecule has 6 nitrogen and oxygen atoms in total. The summed E-state index contributed by atoms with van der Waals surface area (Å²) in [7, 11) is 0. The number of aliphatic hydroxyl groups is 2. The Bertz CT molecular complexity index is 549. The fraction of sp³-hybridized carbons (Fsp3) is 0.714. The van der Waals surface area contributed by atoms with Gasteiger partial charge in [-0.2, -0.15) is 5.10 Å². The van der Waals surface area contributed by atoms with Gasteiger partial charge in [-0.1, -0.05) is 31.4 Å². The third-order valence-corrected chi connectivity index (χ3v) is 4.46. The number of hydrogen-bond donors (Lipinski definition) is 3. The van der Waals surface area contributed by atoms with Gasteiger partial charge in [0.15, 0.2) is 0 Å². The highest BCUT2D eigenvalue weighted by Gasteiger charge is 2.35. The number of nitrogens with zero attached hydrogens (tertiary/aromatic N) is 2. The molecule has 2 unspecified atom stereocenters. The first-order valence-corrected chi connectivity index (χ1v) is 7.64. The van der Waals surface area contributed by atoms with Crippen LogP contribution in [-0.4, -0.2) is 38.7 Å². The summed E-state index contributed by atoms with van der Waals surface area (Å²) in [4.78, 5) is 12.0. The van der Waals surface area contributed by atoms with Gasteiger partial charge in [-0.3, -0.25) is 4.79 Å². The second-order valence-corrected chi connectivity index (χ2v) is 6.27. The lowest BCUT2D eigenvalue weighted by Gasteiger charge is -2.40. The third kappa shape index (κ3) is 3.56. The monoisotopic (exact) mass is 315 g/mol. The summed E-state index contributed by atoms with van der Waals surface area (Å²) in [5.74, 6) is 0.514. The Hall–Kier alpha value is -1.11. The Labute approximate surface area is 128 Å². The number of hydrogen-bond acceptors (Lipinski definition) is 5. The Morgan fingerprint density at radius 1 is 1.57 bits per heavy atom. The van der Waals surface area contributed by atoms with Crippen molar-refractivity contribution < 1.29 is 10.2 Å². The van der Waals surface area contributed by atoms with E-state index >= 15 is 0 Å². The predicted molar refractivity (Wildman–Crippen MR) is 81.7 cm³/mol. The lowest BCUT2D eigenvalue weighted by molar-refractivity contribution is 0.149. The fourth-order valence-corrected chi connectivity index (χ4v) is 3.24. The molecule has 0 saturated heterocycles. The molecule has 0 aromatic carbocycles. The fourth-order valence-electron chi connectivity index (χ4n) is 3.05. The Morgan fingerprint density at radius 2 is 2.33 bits per heavy atom.